The molecule has 0 saturated carbocycles. The summed E-state index contributed by atoms with van der Waals surface area (Å²) in [7, 11) is 0. The number of carbonyl (C=O) groups is 1. The first-order valence-electron chi connectivity index (χ1n) is 9.46. The predicted octanol–water partition coefficient (Wildman–Crippen LogP) is 5.18. The van der Waals surface area contributed by atoms with Crippen LogP contribution in [-0.2, 0) is 4.79 Å². The second kappa shape index (κ2) is 8.75. The molecule has 1 N–H and O–H groups in total. The molecule has 4 nitrogen and oxygen atoms in total. The van der Waals surface area contributed by atoms with E-state index in [4.69, 9.17) is 9.47 Å². The maximum Gasteiger partial charge on any atom is 0.323 e. The standard InChI is InChI=1S/C22H26O4/c1-2-3-4-5-6-7-14-25-18-11-8-16(9-12-18)21-19-15-17(23)10-13-20(19)26-22(21)24/h8-13,15,21,23H,2-7,14H2,1H3. The van der Waals surface area contributed by atoms with Crippen molar-refractivity contribution in [1.29, 1.82) is 0 Å². The van der Waals surface area contributed by atoms with E-state index in [-0.39, 0.29) is 11.7 Å². The van der Waals surface area contributed by atoms with Gasteiger partial charge in [-0.15, -0.1) is 0 Å². The molecule has 4 heteroatoms. The molecule has 1 atom stereocenters. The van der Waals surface area contributed by atoms with Crippen LogP contribution in [0.2, 0.25) is 0 Å². The smallest absolute Gasteiger partial charge is 0.323 e. The topological polar surface area (TPSA) is 55.8 Å². The number of esters is 1. The quantitative estimate of drug-likeness (QED) is 0.383. The monoisotopic (exact) mass is 354 g/mol. The Bertz CT molecular complexity index is 736. The molecule has 26 heavy (non-hydrogen) atoms. The number of fused-ring (bicyclic) bond motifs is 1. The molecule has 0 spiro atoms. The molecule has 0 saturated heterocycles. The normalized spacial score (nSPS) is 15.6. The van der Waals surface area contributed by atoms with E-state index in [0.29, 0.717) is 17.9 Å². The van der Waals surface area contributed by atoms with Gasteiger partial charge in [-0.2, -0.15) is 0 Å². The summed E-state index contributed by atoms with van der Waals surface area (Å²) in [6.07, 6.45) is 7.42. The van der Waals surface area contributed by atoms with Gasteiger partial charge in [0.25, 0.3) is 0 Å². The van der Waals surface area contributed by atoms with Crippen molar-refractivity contribution < 1.29 is 19.4 Å². The highest BCUT2D eigenvalue weighted by atomic mass is 16.5. The Kier molecular flexibility index (Phi) is 6.16. The molecule has 1 heterocycles. The molecule has 0 fully saturated rings. The first kappa shape index (κ1) is 18.3. The largest absolute Gasteiger partial charge is 0.508 e. The van der Waals surface area contributed by atoms with Crippen molar-refractivity contribution in [1.82, 2.24) is 0 Å². The van der Waals surface area contributed by atoms with Crippen molar-refractivity contribution in [2.45, 2.75) is 51.4 Å². The highest BCUT2D eigenvalue weighted by Crippen LogP contribution is 2.41. The number of hydrogen-bond donors (Lipinski definition) is 1. The number of aromatic hydroxyl groups is 1. The lowest BCUT2D eigenvalue weighted by Gasteiger charge is -2.10. The summed E-state index contributed by atoms with van der Waals surface area (Å²) >= 11 is 0. The molecule has 138 valence electrons. The van der Waals surface area contributed by atoms with Crippen molar-refractivity contribution in [3.63, 3.8) is 0 Å². The molecule has 0 radical (unpaired) electrons. The van der Waals surface area contributed by atoms with Crippen LogP contribution in [0.15, 0.2) is 42.5 Å². The molecule has 1 unspecified atom stereocenters. The van der Waals surface area contributed by atoms with E-state index in [1.165, 1.54) is 38.2 Å². The summed E-state index contributed by atoms with van der Waals surface area (Å²) in [5.74, 6) is 0.646. The fraction of sp³-hybridized carbons (Fsp3) is 0.409. The van der Waals surface area contributed by atoms with E-state index < -0.39 is 5.92 Å². The number of benzene rings is 2. The molecule has 1 aliphatic heterocycles. The zero-order valence-corrected chi connectivity index (χ0v) is 15.2. The average molecular weight is 354 g/mol. The lowest BCUT2D eigenvalue weighted by molar-refractivity contribution is -0.133. The third-order valence-corrected chi connectivity index (χ3v) is 4.73. The van der Waals surface area contributed by atoms with Gasteiger partial charge in [-0.1, -0.05) is 51.2 Å². The van der Waals surface area contributed by atoms with Gasteiger partial charge in [0.2, 0.25) is 0 Å². The Balaban J connectivity index is 1.55. The van der Waals surface area contributed by atoms with E-state index in [2.05, 4.69) is 6.92 Å². The lowest BCUT2D eigenvalue weighted by atomic mass is 9.92. The van der Waals surface area contributed by atoms with Gasteiger partial charge in [0.1, 0.15) is 23.2 Å². The third-order valence-electron chi connectivity index (χ3n) is 4.73. The summed E-state index contributed by atoms with van der Waals surface area (Å²) in [6, 6.07) is 12.3. The van der Waals surface area contributed by atoms with E-state index >= 15 is 0 Å². The molecule has 0 bridgehead atoms. The van der Waals surface area contributed by atoms with Crippen LogP contribution < -0.4 is 9.47 Å². The van der Waals surface area contributed by atoms with Gasteiger partial charge < -0.3 is 14.6 Å². The molecule has 1 aliphatic rings. The van der Waals surface area contributed by atoms with Gasteiger partial charge in [0.15, 0.2) is 0 Å². The lowest BCUT2D eigenvalue weighted by Crippen LogP contribution is -2.11. The second-order valence-electron chi connectivity index (χ2n) is 6.76. The Hall–Kier alpha value is -2.49. The number of carbonyl (C=O) groups excluding carboxylic acids is 1. The second-order valence-corrected chi connectivity index (χ2v) is 6.76. The first-order chi connectivity index (χ1) is 12.7. The van der Waals surface area contributed by atoms with Crippen LogP contribution in [0.3, 0.4) is 0 Å². The van der Waals surface area contributed by atoms with Crippen LogP contribution in [0.4, 0.5) is 0 Å². The maximum atomic E-state index is 12.2. The van der Waals surface area contributed by atoms with E-state index in [0.717, 1.165) is 17.7 Å². The van der Waals surface area contributed by atoms with Crippen molar-refractivity contribution in [3.05, 3.63) is 53.6 Å². The maximum absolute atomic E-state index is 12.2. The van der Waals surface area contributed by atoms with Crippen molar-refractivity contribution in [2.75, 3.05) is 6.61 Å². The van der Waals surface area contributed by atoms with Gasteiger partial charge in [-0.05, 0) is 42.3 Å². The fourth-order valence-corrected chi connectivity index (χ4v) is 3.29. The zero-order valence-electron chi connectivity index (χ0n) is 15.2. The fourth-order valence-electron chi connectivity index (χ4n) is 3.29. The summed E-state index contributed by atoms with van der Waals surface area (Å²) in [5.41, 5.74) is 1.54. The highest BCUT2D eigenvalue weighted by Gasteiger charge is 2.34. The number of unbranched alkanes of at least 4 members (excludes halogenated alkanes) is 5. The highest BCUT2D eigenvalue weighted by molar-refractivity contribution is 5.89. The molecular weight excluding hydrogens is 328 g/mol. The molecule has 0 aliphatic carbocycles. The van der Waals surface area contributed by atoms with Gasteiger partial charge in [0.05, 0.1) is 6.61 Å². The molecule has 2 aromatic carbocycles. The molecular formula is C22H26O4. The number of rotatable bonds is 9. The Morgan fingerprint density at radius 2 is 1.73 bits per heavy atom. The van der Waals surface area contributed by atoms with E-state index in [1.54, 1.807) is 12.1 Å². The van der Waals surface area contributed by atoms with Gasteiger partial charge >= 0.3 is 5.97 Å². The van der Waals surface area contributed by atoms with Crippen LogP contribution in [0.25, 0.3) is 0 Å². The SMILES string of the molecule is CCCCCCCCOc1ccc(C2C(=O)Oc3ccc(O)cc32)cc1. The minimum absolute atomic E-state index is 0.131. The number of ether oxygens (including phenoxy) is 2. The Labute approximate surface area is 154 Å². The van der Waals surface area contributed by atoms with Crippen LogP contribution in [-0.4, -0.2) is 17.7 Å². The van der Waals surface area contributed by atoms with Crippen LogP contribution in [0.1, 0.15) is 62.5 Å². The summed E-state index contributed by atoms with van der Waals surface area (Å²) in [4.78, 5) is 12.2. The third kappa shape index (κ3) is 4.37. The van der Waals surface area contributed by atoms with Crippen molar-refractivity contribution >= 4 is 5.97 Å². The summed E-state index contributed by atoms with van der Waals surface area (Å²) in [6.45, 7) is 2.94. The number of hydrogen-bond acceptors (Lipinski definition) is 4. The van der Waals surface area contributed by atoms with Crippen LogP contribution >= 0.6 is 0 Å². The van der Waals surface area contributed by atoms with Gasteiger partial charge in [0, 0.05) is 5.56 Å². The summed E-state index contributed by atoms with van der Waals surface area (Å²) in [5, 5.41) is 9.69. The van der Waals surface area contributed by atoms with Crippen LogP contribution in [0.5, 0.6) is 17.2 Å². The molecule has 0 aromatic heterocycles. The molecule has 0 amide bonds. The number of phenols is 1. The molecule has 2 aromatic rings. The van der Waals surface area contributed by atoms with E-state index in [9.17, 15) is 9.90 Å². The van der Waals surface area contributed by atoms with Gasteiger partial charge in [-0.3, -0.25) is 4.79 Å². The Morgan fingerprint density at radius 1 is 1.00 bits per heavy atom. The Morgan fingerprint density at radius 3 is 2.50 bits per heavy atom. The summed E-state index contributed by atoms with van der Waals surface area (Å²) < 4.78 is 11.1. The van der Waals surface area contributed by atoms with Gasteiger partial charge in [-0.25, -0.2) is 0 Å². The van der Waals surface area contributed by atoms with Crippen molar-refractivity contribution in [2.24, 2.45) is 0 Å². The van der Waals surface area contributed by atoms with Crippen molar-refractivity contribution in [3.8, 4) is 17.2 Å². The predicted molar refractivity (Wildman–Crippen MR) is 101 cm³/mol. The zero-order chi connectivity index (χ0) is 18.4. The minimum Gasteiger partial charge on any atom is -0.508 e. The average Bonchev–Trinajstić information content (AvgIpc) is 2.96. The minimum atomic E-state index is -0.496. The number of phenolic OH excluding ortho intramolecular Hbond substituents is 1. The van der Waals surface area contributed by atoms with E-state index in [1.807, 2.05) is 24.3 Å². The first-order valence-corrected chi connectivity index (χ1v) is 9.46. The molecule has 3 rings (SSSR count). The van der Waals surface area contributed by atoms with Crippen LogP contribution in [0, 0.1) is 0 Å².